The van der Waals surface area contributed by atoms with E-state index in [1.165, 1.54) is 22.3 Å². The lowest BCUT2D eigenvalue weighted by Gasteiger charge is -2.34. The molecule has 4 nitrogen and oxygen atoms in total. The summed E-state index contributed by atoms with van der Waals surface area (Å²) in [7, 11) is 0. The fourth-order valence-corrected chi connectivity index (χ4v) is 3.79. The molecule has 1 aliphatic heterocycles. The molecule has 0 spiro atoms. The molecular formula is C23H32N2O2. The van der Waals surface area contributed by atoms with E-state index in [0.717, 1.165) is 39.3 Å². The van der Waals surface area contributed by atoms with Crippen molar-refractivity contribution in [3.63, 3.8) is 0 Å². The van der Waals surface area contributed by atoms with E-state index in [-0.39, 0.29) is 12.7 Å². The van der Waals surface area contributed by atoms with E-state index in [2.05, 4.69) is 72.2 Å². The van der Waals surface area contributed by atoms with Gasteiger partial charge >= 0.3 is 0 Å². The molecule has 146 valence electrons. The molecule has 4 heteroatoms. The Kier molecular flexibility index (Phi) is 7.41. The molecule has 3 rings (SSSR count). The van der Waals surface area contributed by atoms with Crippen LogP contribution in [0.3, 0.4) is 0 Å². The SMILES string of the molecule is Cc1ccccc1C(OCCN1CCN(CCO)CC1)c1ccccc1C. The predicted molar refractivity (Wildman–Crippen MR) is 110 cm³/mol. The number of β-amino-alcohol motifs (C(OH)–C–C–N with tert-alkyl or cyclic N) is 1. The van der Waals surface area contributed by atoms with Crippen molar-refractivity contribution in [1.29, 1.82) is 0 Å². The molecule has 1 heterocycles. The Morgan fingerprint density at radius 2 is 1.30 bits per heavy atom. The van der Waals surface area contributed by atoms with Gasteiger partial charge in [-0.1, -0.05) is 48.5 Å². The molecule has 0 aliphatic carbocycles. The van der Waals surface area contributed by atoms with Crippen LogP contribution in [0, 0.1) is 13.8 Å². The van der Waals surface area contributed by atoms with Gasteiger partial charge in [0, 0.05) is 39.3 Å². The first kappa shape index (κ1) is 20.0. The molecule has 1 saturated heterocycles. The maximum Gasteiger partial charge on any atom is 0.108 e. The van der Waals surface area contributed by atoms with Crippen LogP contribution in [0.5, 0.6) is 0 Å². The standard InChI is InChI=1S/C23H32N2O2/c1-19-7-3-5-9-21(19)23(22-10-6-4-8-20(22)2)27-18-16-25-13-11-24(12-14-25)15-17-26/h3-10,23,26H,11-18H2,1-2H3. The smallest absolute Gasteiger partial charge is 0.108 e. The average molecular weight is 369 g/mol. The van der Waals surface area contributed by atoms with Gasteiger partial charge in [-0.25, -0.2) is 0 Å². The van der Waals surface area contributed by atoms with Gasteiger partial charge in [0.2, 0.25) is 0 Å². The van der Waals surface area contributed by atoms with Crippen LogP contribution < -0.4 is 0 Å². The van der Waals surface area contributed by atoms with Crippen molar-refractivity contribution in [3.8, 4) is 0 Å². The van der Waals surface area contributed by atoms with Crippen LogP contribution in [-0.2, 0) is 4.74 Å². The van der Waals surface area contributed by atoms with Crippen LogP contribution in [0.25, 0.3) is 0 Å². The van der Waals surface area contributed by atoms with Gasteiger partial charge < -0.3 is 9.84 Å². The summed E-state index contributed by atoms with van der Waals surface area (Å²) < 4.78 is 6.46. The van der Waals surface area contributed by atoms with E-state index >= 15 is 0 Å². The molecule has 0 saturated carbocycles. The Labute approximate surface area is 163 Å². The summed E-state index contributed by atoms with van der Waals surface area (Å²) >= 11 is 0. The van der Waals surface area contributed by atoms with E-state index in [1.54, 1.807) is 0 Å². The Balaban J connectivity index is 1.63. The van der Waals surface area contributed by atoms with Crippen LogP contribution in [0.15, 0.2) is 48.5 Å². The highest BCUT2D eigenvalue weighted by atomic mass is 16.5. The first-order valence-corrected chi connectivity index (χ1v) is 9.97. The van der Waals surface area contributed by atoms with E-state index in [0.29, 0.717) is 6.61 Å². The monoisotopic (exact) mass is 368 g/mol. The average Bonchev–Trinajstić information content (AvgIpc) is 2.68. The Morgan fingerprint density at radius 3 is 1.78 bits per heavy atom. The van der Waals surface area contributed by atoms with Crippen molar-refractivity contribution in [2.45, 2.75) is 20.0 Å². The Bertz CT molecular complexity index is 666. The second-order valence-corrected chi connectivity index (χ2v) is 7.37. The molecule has 1 fully saturated rings. The van der Waals surface area contributed by atoms with Gasteiger partial charge in [0.1, 0.15) is 6.10 Å². The molecule has 2 aromatic rings. The van der Waals surface area contributed by atoms with Crippen LogP contribution in [-0.4, -0.2) is 67.4 Å². The largest absolute Gasteiger partial charge is 0.395 e. The van der Waals surface area contributed by atoms with Crippen molar-refractivity contribution in [1.82, 2.24) is 9.80 Å². The Morgan fingerprint density at radius 1 is 0.815 bits per heavy atom. The van der Waals surface area contributed by atoms with Gasteiger partial charge in [0.25, 0.3) is 0 Å². The lowest BCUT2D eigenvalue weighted by Crippen LogP contribution is -2.48. The highest BCUT2D eigenvalue weighted by Gasteiger charge is 2.20. The molecule has 0 atom stereocenters. The number of hydrogen-bond acceptors (Lipinski definition) is 4. The lowest BCUT2D eigenvalue weighted by molar-refractivity contribution is 0.0424. The summed E-state index contributed by atoms with van der Waals surface area (Å²) in [5.41, 5.74) is 5.03. The third-order valence-electron chi connectivity index (χ3n) is 5.52. The number of nitrogens with zero attached hydrogens (tertiary/aromatic N) is 2. The molecule has 1 N–H and O–H groups in total. The molecule has 1 aliphatic rings. The minimum atomic E-state index is -0.0249. The molecule has 0 radical (unpaired) electrons. The quantitative estimate of drug-likeness (QED) is 0.777. The number of benzene rings is 2. The van der Waals surface area contributed by atoms with Crippen LogP contribution >= 0.6 is 0 Å². The minimum absolute atomic E-state index is 0.0249. The summed E-state index contributed by atoms with van der Waals surface area (Å²) in [6.07, 6.45) is -0.0249. The minimum Gasteiger partial charge on any atom is -0.395 e. The first-order chi connectivity index (χ1) is 13.2. The fraction of sp³-hybridized carbons (Fsp3) is 0.478. The molecule has 0 unspecified atom stereocenters. The van der Waals surface area contributed by atoms with Gasteiger partial charge in [0.15, 0.2) is 0 Å². The molecule has 2 aromatic carbocycles. The number of hydrogen-bond donors (Lipinski definition) is 1. The van der Waals surface area contributed by atoms with E-state index in [1.807, 2.05) is 0 Å². The maximum atomic E-state index is 9.07. The van der Waals surface area contributed by atoms with Crippen molar-refractivity contribution in [3.05, 3.63) is 70.8 Å². The summed E-state index contributed by atoms with van der Waals surface area (Å²) in [5.74, 6) is 0. The predicted octanol–water partition coefficient (Wildman–Crippen LogP) is 3.02. The van der Waals surface area contributed by atoms with Gasteiger partial charge in [-0.15, -0.1) is 0 Å². The maximum absolute atomic E-state index is 9.07. The number of aliphatic hydroxyl groups is 1. The zero-order chi connectivity index (χ0) is 19.1. The van der Waals surface area contributed by atoms with Crippen LogP contribution in [0.4, 0.5) is 0 Å². The summed E-state index contributed by atoms with van der Waals surface area (Å²) in [4.78, 5) is 4.78. The third kappa shape index (κ3) is 5.39. The summed E-state index contributed by atoms with van der Waals surface area (Å²) in [5, 5.41) is 9.07. The fourth-order valence-electron chi connectivity index (χ4n) is 3.79. The third-order valence-corrected chi connectivity index (χ3v) is 5.52. The lowest BCUT2D eigenvalue weighted by atomic mass is 9.94. The molecule has 0 bridgehead atoms. The number of aliphatic hydroxyl groups excluding tert-OH is 1. The van der Waals surface area contributed by atoms with E-state index < -0.39 is 0 Å². The number of piperazine rings is 1. The summed E-state index contributed by atoms with van der Waals surface area (Å²) in [6.45, 7) is 11.2. The van der Waals surface area contributed by atoms with Crippen molar-refractivity contribution in [2.24, 2.45) is 0 Å². The number of rotatable bonds is 8. The zero-order valence-electron chi connectivity index (χ0n) is 16.6. The summed E-state index contributed by atoms with van der Waals surface area (Å²) in [6, 6.07) is 17.0. The zero-order valence-corrected chi connectivity index (χ0v) is 16.6. The number of aryl methyl sites for hydroxylation is 2. The van der Waals surface area contributed by atoms with Gasteiger partial charge in [0.05, 0.1) is 13.2 Å². The van der Waals surface area contributed by atoms with Crippen molar-refractivity contribution in [2.75, 3.05) is 52.5 Å². The second kappa shape index (κ2) is 10.00. The van der Waals surface area contributed by atoms with Gasteiger partial charge in [-0.2, -0.15) is 0 Å². The molecule has 27 heavy (non-hydrogen) atoms. The van der Waals surface area contributed by atoms with Crippen LogP contribution in [0.1, 0.15) is 28.4 Å². The normalized spacial score (nSPS) is 16.1. The number of ether oxygens (including phenoxy) is 1. The second-order valence-electron chi connectivity index (χ2n) is 7.37. The van der Waals surface area contributed by atoms with E-state index in [4.69, 9.17) is 9.84 Å². The molecule has 0 aromatic heterocycles. The van der Waals surface area contributed by atoms with Crippen molar-refractivity contribution < 1.29 is 9.84 Å². The van der Waals surface area contributed by atoms with Crippen LogP contribution in [0.2, 0.25) is 0 Å². The Hall–Kier alpha value is -1.72. The van der Waals surface area contributed by atoms with Gasteiger partial charge in [-0.05, 0) is 36.1 Å². The topological polar surface area (TPSA) is 35.9 Å². The first-order valence-electron chi connectivity index (χ1n) is 9.97. The molecule has 0 amide bonds. The van der Waals surface area contributed by atoms with Gasteiger partial charge in [-0.3, -0.25) is 9.80 Å². The van der Waals surface area contributed by atoms with Crippen molar-refractivity contribution >= 4 is 0 Å². The highest BCUT2D eigenvalue weighted by molar-refractivity contribution is 5.38. The highest BCUT2D eigenvalue weighted by Crippen LogP contribution is 2.30. The molecular weight excluding hydrogens is 336 g/mol. The van der Waals surface area contributed by atoms with E-state index in [9.17, 15) is 0 Å².